The average Bonchev–Trinajstić information content (AvgIpc) is 2.82. The van der Waals surface area contributed by atoms with Gasteiger partial charge in [0.05, 0.1) is 0 Å². The van der Waals surface area contributed by atoms with Gasteiger partial charge in [0.2, 0.25) is 0 Å². The molecule has 0 aliphatic carbocycles. The fraction of sp³-hybridized carbons (Fsp3) is 0.500. The van der Waals surface area contributed by atoms with Crippen LogP contribution >= 0.6 is 24.0 Å². The van der Waals surface area contributed by atoms with Crippen molar-refractivity contribution < 1.29 is 9.47 Å². The third-order valence-electron chi connectivity index (χ3n) is 6.75. The first kappa shape index (κ1) is 24.8. The Hall–Kier alpha value is -1.80. The van der Waals surface area contributed by atoms with Crippen molar-refractivity contribution in [3.05, 3.63) is 65.7 Å². The molecule has 0 atom stereocenters. The molecule has 6 heteroatoms. The van der Waals surface area contributed by atoms with Crippen LogP contribution in [0.5, 0.6) is 5.75 Å². The van der Waals surface area contributed by atoms with Crippen LogP contribution in [-0.2, 0) is 10.2 Å². The number of para-hydroxylation sites is 1. The monoisotopic (exact) mass is 549 g/mol. The Bertz CT molecular complexity index is 860. The Morgan fingerprint density at radius 3 is 2.38 bits per heavy atom. The Morgan fingerprint density at radius 1 is 1.06 bits per heavy atom. The minimum atomic E-state index is 0. The molecule has 2 fully saturated rings. The van der Waals surface area contributed by atoms with Crippen LogP contribution in [-0.4, -0.2) is 56.9 Å². The number of nitrogens with one attached hydrogen (secondary N) is 1. The zero-order valence-electron chi connectivity index (χ0n) is 19.3. The summed E-state index contributed by atoms with van der Waals surface area (Å²) in [5.41, 5.74) is 2.89. The largest absolute Gasteiger partial charge is 0.490 e. The molecule has 2 aromatic carbocycles. The van der Waals surface area contributed by atoms with E-state index in [0.29, 0.717) is 0 Å². The van der Waals surface area contributed by atoms with Crippen LogP contribution < -0.4 is 10.1 Å². The Morgan fingerprint density at radius 2 is 1.72 bits per heavy atom. The van der Waals surface area contributed by atoms with Crippen molar-refractivity contribution in [3.63, 3.8) is 0 Å². The van der Waals surface area contributed by atoms with Gasteiger partial charge in [-0.25, -0.2) is 0 Å². The number of halogens is 1. The smallest absolute Gasteiger partial charge is 0.193 e. The number of rotatable bonds is 5. The molecule has 4 rings (SSSR count). The van der Waals surface area contributed by atoms with E-state index in [-0.39, 0.29) is 35.5 Å². The van der Waals surface area contributed by atoms with Gasteiger partial charge >= 0.3 is 0 Å². The second-order valence-corrected chi connectivity index (χ2v) is 8.73. The molecular formula is C26H36IN3O2. The molecular weight excluding hydrogens is 513 g/mol. The van der Waals surface area contributed by atoms with E-state index in [9.17, 15) is 0 Å². The minimum Gasteiger partial charge on any atom is -0.490 e. The lowest BCUT2D eigenvalue weighted by atomic mass is 9.72. The van der Waals surface area contributed by atoms with Crippen molar-refractivity contribution in [2.45, 2.75) is 44.1 Å². The van der Waals surface area contributed by atoms with Gasteiger partial charge < -0.3 is 19.7 Å². The van der Waals surface area contributed by atoms with Crippen LogP contribution in [0.4, 0.5) is 0 Å². The zero-order chi connectivity index (χ0) is 21.5. The second-order valence-electron chi connectivity index (χ2n) is 8.73. The quantitative estimate of drug-likeness (QED) is 0.332. The topological polar surface area (TPSA) is 46.1 Å². The van der Waals surface area contributed by atoms with Crippen molar-refractivity contribution in [1.82, 2.24) is 10.2 Å². The van der Waals surface area contributed by atoms with Gasteiger partial charge in [0, 0.05) is 58.2 Å². The lowest BCUT2D eigenvalue weighted by Gasteiger charge is -2.41. The van der Waals surface area contributed by atoms with E-state index in [2.05, 4.69) is 46.4 Å². The number of hydrogen-bond donors (Lipinski definition) is 1. The molecule has 0 unspecified atom stereocenters. The van der Waals surface area contributed by atoms with Crippen LogP contribution in [0.15, 0.2) is 59.6 Å². The van der Waals surface area contributed by atoms with E-state index in [1.54, 1.807) is 0 Å². The summed E-state index contributed by atoms with van der Waals surface area (Å²) in [6.07, 6.45) is 4.35. The molecule has 0 spiro atoms. The Labute approximate surface area is 209 Å². The van der Waals surface area contributed by atoms with Crippen LogP contribution in [0.2, 0.25) is 0 Å². The van der Waals surface area contributed by atoms with Gasteiger partial charge in [-0.3, -0.25) is 4.99 Å². The highest BCUT2D eigenvalue weighted by Crippen LogP contribution is 2.36. The summed E-state index contributed by atoms with van der Waals surface area (Å²) in [4.78, 5) is 6.98. The van der Waals surface area contributed by atoms with Gasteiger partial charge in [0.25, 0.3) is 0 Å². The molecule has 174 valence electrons. The highest BCUT2D eigenvalue weighted by molar-refractivity contribution is 14.0. The molecule has 2 heterocycles. The SMILES string of the molecule is CN=C(NCC1(c2ccccc2C)CCOCC1)N1CCC(Oc2ccccc2)CC1.I. The van der Waals surface area contributed by atoms with Crippen molar-refractivity contribution in [2.24, 2.45) is 4.99 Å². The van der Waals surface area contributed by atoms with E-state index in [4.69, 9.17) is 9.47 Å². The molecule has 0 amide bonds. The fourth-order valence-electron chi connectivity index (χ4n) is 4.93. The molecule has 2 aliphatic rings. The maximum Gasteiger partial charge on any atom is 0.193 e. The molecule has 1 N–H and O–H groups in total. The first-order chi connectivity index (χ1) is 15.2. The van der Waals surface area contributed by atoms with Gasteiger partial charge in [0.15, 0.2) is 5.96 Å². The summed E-state index contributed by atoms with van der Waals surface area (Å²) in [6, 6.07) is 18.9. The van der Waals surface area contributed by atoms with Gasteiger partial charge in [-0.15, -0.1) is 24.0 Å². The summed E-state index contributed by atoms with van der Waals surface area (Å²) in [5, 5.41) is 3.72. The highest BCUT2D eigenvalue weighted by Gasteiger charge is 2.36. The van der Waals surface area contributed by atoms with Gasteiger partial charge in [-0.05, 0) is 43.0 Å². The van der Waals surface area contributed by atoms with Crippen LogP contribution in [0.1, 0.15) is 36.8 Å². The van der Waals surface area contributed by atoms with Gasteiger partial charge in [-0.2, -0.15) is 0 Å². The zero-order valence-corrected chi connectivity index (χ0v) is 21.6. The Balaban J connectivity index is 0.00000289. The van der Waals surface area contributed by atoms with Gasteiger partial charge in [0.1, 0.15) is 11.9 Å². The van der Waals surface area contributed by atoms with E-state index in [1.165, 1.54) is 11.1 Å². The molecule has 2 aliphatic heterocycles. The van der Waals surface area contributed by atoms with Crippen LogP contribution in [0.25, 0.3) is 0 Å². The summed E-state index contributed by atoms with van der Waals surface area (Å²) in [6.45, 7) is 6.65. The summed E-state index contributed by atoms with van der Waals surface area (Å²) in [7, 11) is 1.89. The standard InChI is InChI=1S/C26H35N3O2.HI/c1-21-8-6-7-11-24(21)26(14-18-30-19-15-26)20-28-25(27-2)29-16-12-23(13-17-29)31-22-9-4-3-5-10-22;/h3-11,23H,12-20H2,1-2H3,(H,27,28);1H. The number of piperidine rings is 1. The molecule has 0 bridgehead atoms. The van der Waals surface area contributed by atoms with Crippen LogP contribution in [0.3, 0.4) is 0 Å². The molecule has 32 heavy (non-hydrogen) atoms. The first-order valence-electron chi connectivity index (χ1n) is 11.5. The van der Waals surface area contributed by atoms with Crippen LogP contribution in [0, 0.1) is 6.92 Å². The van der Waals surface area contributed by atoms with Crippen molar-refractivity contribution in [2.75, 3.05) is 39.9 Å². The number of benzene rings is 2. The molecule has 0 aromatic heterocycles. The lowest BCUT2D eigenvalue weighted by Crippen LogP contribution is -2.52. The summed E-state index contributed by atoms with van der Waals surface area (Å²) in [5.74, 6) is 1.96. The first-order valence-corrected chi connectivity index (χ1v) is 11.5. The molecule has 5 nitrogen and oxygen atoms in total. The molecule has 0 saturated carbocycles. The summed E-state index contributed by atoms with van der Waals surface area (Å²) < 4.78 is 11.9. The lowest BCUT2D eigenvalue weighted by molar-refractivity contribution is 0.0507. The number of guanidine groups is 1. The van der Waals surface area contributed by atoms with Gasteiger partial charge in [-0.1, -0.05) is 42.5 Å². The predicted molar refractivity (Wildman–Crippen MR) is 141 cm³/mol. The Kier molecular flexibility index (Phi) is 9.22. The predicted octanol–water partition coefficient (Wildman–Crippen LogP) is 4.78. The van der Waals surface area contributed by atoms with Crippen molar-refractivity contribution >= 4 is 29.9 Å². The van der Waals surface area contributed by atoms with E-state index in [1.807, 2.05) is 37.4 Å². The third-order valence-corrected chi connectivity index (χ3v) is 6.75. The third kappa shape index (κ3) is 5.95. The number of ether oxygens (including phenoxy) is 2. The maximum atomic E-state index is 6.16. The van der Waals surface area contributed by atoms with Crippen molar-refractivity contribution in [1.29, 1.82) is 0 Å². The van der Waals surface area contributed by atoms with E-state index < -0.39 is 0 Å². The van der Waals surface area contributed by atoms with E-state index in [0.717, 1.165) is 70.2 Å². The summed E-state index contributed by atoms with van der Waals surface area (Å²) >= 11 is 0. The van der Waals surface area contributed by atoms with E-state index >= 15 is 0 Å². The minimum absolute atomic E-state index is 0. The normalized spacial score (nSPS) is 19.2. The maximum absolute atomic E-state index is 6.16. The van der Waals surface area contributed by atoms with Crippen molar-refractivity contribution in [3.8, 4) is 5.75 Å². The number of likely N-dealkylation sites (tertiary alicyclic amines) is 1. The number of nitrogens with zero attached hydrogens (tertiary/aromatic N) is 2. The second kappa shape index (κ2) is 11.9. The molecule has 0 radical (unpaired) electrons. The molecule has 2 aromatic rings. The number of hydrogen-bond acceptors (Lipinski definition) is 3. The average molecular weight is 549 g/mol. The number of aryl methyl sites for hydroxylation is 1. The molecule has 2 saturated heterocycles. The fourth-order valence-corrected chi connectivity index (χ4v) is 4.93. The number of aliphatic imine (C=N–C) groups is 1. The highest BCUT2D eigenvalue weighted by atomic mass is 127.